The number of nitrogens with zero attached hydrogens (tertiary/aromatic N) is 4. The van der Waals surface area contributed by atoms with E-state index in [1.54, 1.807) is 18.3 Å². The number of hydrogen-bond acceptors (Lipinski definition) is 4. The molecule has 156 valence electrons. The van der Waals surface area contributed by atoms with Crippen LogP contribution in [0.5, 0.6) is 5.75 Å². The van der Waals surface area contributed by atoms with Gasteiger partial charge in [0.1, 0.15) is 5.75 Å². The first-order chi connectivity index (χ1) is 14.4. The number of amides is 1. The normalized spacial score (nSPS) is 14.3. The summed E-state index contributed by atoms with van der Waals surface area (Å²) in [5.74, 6) is -1.18. The molecule has 1 aromatic heterocycles. The summed E-state index contributed by atoms with van der Waals surface area (Å²) in [6.45, 7) is 3.50. The molecule has 1 saturated heterocycles. The summed E-state index contributed by atoms with van der Waals surface area (Å²) < 4.78 is 34.0. The summed E-state index contributed by atoms with van der Waals surface area (Å²) in [6, 6.07) is 9.51. The quantitative estimate of drug-likeness (QED) is 0.645. The number of benzene rings is 2. The molecular formula is C22H22F2N4O2. The molecule has 3 aromatic rings. The van der Waals surface area contributed by atoms with Crippen LogP contribution in [0.2, 0.25) is 0 Å². The van der Waals surface area contributed by atoms with Crippen LogP contribution in [-0.2, 0) is 11.3 Å². The lowest BCUT2D eigenvalue weighted by atomic mass is 10.1. The topological polar surface area (TPSA) is 50.6 Å². The maximum Gasteiger partial charge on any atom is 0.242 e. The highest BCUT2D eigenvalue weighted by molar-refractivity contribution is 5.83. The monoisotopic (exact) mass is 412 g/mol. The summed E-state index contributed by atoms with van der Waals surface area (Å²) in [7, 11) is 1.61. The minimum Gasteiger partial charge on any atom is -0.494 e. The number of methoxy groups -OCH3 is 1. The second-order valence-electron chi connectivity index (χ2n) is 7.26. The summed E-state index contributed by atoms with van der Waals surface area (Å²) in [5.41, 5.74) is 3.22. The van der Waals surface area contributed by atoms with E-state index < -0.39 is 11.6 Å². The lowest BCUT2D eigenvalue weighted by Crippen LogP contribution is -2.50. The third-order valence-corrected chi connectivity index (χ3v) is 5.19. The number of hydrogen-bond donors (Lipinski definition) is 0. The molecule has 0 N–H and O–H groups in total. The van der Waals surface area contributed by atoms with Crippen molar-refractivity contribution in [2.45, 2.75) is 13.5 Å². The van der Waals surface area contributed by atoms with E-state index in [-0.39, 0.29) is 19.0 Å². The molecule has 0 saturated carbocycles. The minimum absolute atomic E-state index is 0.0701. The van der Waals surface area contributed by atoms with E-state index in [1.165, 1.54) is 6.07 Å². The van der Waals surface area contributed by atoms with Crippen molar-refractivity contribution in [3.8, 4) is 11.4 Å². The van der Waals surface area contributed by atoms with Crippen LogP contribution in [0.25, 0.3) is 5.69 Å². The molecule has 0 bridgehead atoms. The number of carbonyl (C=O) groups is 1. The van der Waals surface area contributed by atoms with Crippen LogP contribution in [0, 0.1) is 18.6 Å². The van der Waals surface area contributed by atoms with Crippen LogP contribution in [0.1, 0.15) is 11.3 Å². The lowest BCUT2D eigenvalue weighted by molar-refractivity contribution is -0.131. The zero-order valence-electron chi connectivity index (χ0n) is 16.8. The van der Waals surface area contributed by atoms with Gasteiger partial charge in [-0.1, -0.05) is 6.07 Å². The molecule has 2 aromatic carbocycles. The Hall–Kier alpha value is -3.42. The highest BCUT2D eigenvalue weighted by atomic mass is 19.2. The fourth-order valence-corrected chi connectivity index (χ4v) is 3.58. The first-order valence-electron chi connectivity index (χ1n) is 9.60. The van der Waals surface area contributed by atoms with Gasteiger partial charge in [-0.15, -0.1) is 0 Å². The number of imidazole rings is 1. The van der Waals surface area contributed by atoms with Gasteiger partial charge in [0, 0.05) is 37.6 Å². The Bertz CT molecular complexity index is 1080. The fraction of sp³-hybridized carbons (Fsp3) is 0.273. The van der Waals surface area contributed by atoms with Gasteiger partial charge in [0.15, 0.2) is 11.6 Å². The van der Waals surface area contributed by atoms with Gasteiger partial charge in [0.2, 0.25) is 5.91 Å². The Morgan fingerprint density at radius 1 is 1.10 bits per heavy atom. The number of ether oxygens (including phenoxy) is 1. The molecule has 4 rings (SSSR count). The Morgan fingerprint density at radius 3 is 2.60 bits per heavy atom. The van der Waals surface area contributed by atoms with Crippen molar-refractivity contribution in [1.82, 2.24) is 14.5 Å². The second-order valence-corrected chi connectivity index (χ2v) is 7.26. The van der Waals surface area contributed by atoms with Crippen LogP contribution in [0.4, 0.5) is 14.5 Å². The van der Waals surface area contributed by atoms with Gasteiger partial charge in [0.25, 0.3) is 0 Å². The maximum absolute atomic E-state index is 13.4. The number of piperazine rings is 1. The molecular weight excluding hydrogens is 390 g/mol. The third-order valence-electron chi connectivity index (χ3n) is 5.19. The van der Waals surface area contributed by atoms with Gasteiger partial charge in [-0.25, -0.2) is 13.8 Å². The van der Waals surface area contributed by atoms with Gasteiger partial charge in [-0.3, -0.25) is 4.79 Å². The van der Waals surface area contributed by atoms with Crippen molar-refractivity contribution in [1.29, 1.82) is 0 Å². The molecule has 1 fully saturated rings. The zero-order chi connectivity index (χ0) is 21.3. The molecule has 6 nitrogen and oxygen atoms in total. The molecule has 30 heavy (non-hydrogen) atoms. The molecule has 0 aliphatic carbocycles. The van der Waals surface area contributed by atoms with Crippen molar-refractivity contribution < 1.29 is 18.3 Å². The van der Waals surface area contributed by atoms with E-state index >= 15 is 0 Å². The lowest BCUT2D eigenvalue weighted by Gasteiger charge is -2.36. The van der Waals surface area contributed by atoms with E-state index in [4.69, 9.17) is 4.74 Å². The number of halogens is 2. The summed E-state index contributed by atoms with van der Waals surface area (Å²) in [5, 5.41) is 0. The van der Waals surface area contributed by atoms with Crippen molar-refractivity contribution >= 4 is 11.6 Å². The number of aryl methyl sites for hydroxylation is 1. The predicted octanol–water partition coefficient (Wildman–Crippen LogP) is 3.32. The van der Waals surface area contributed by atoms with Crippen LogP contribution in [0.15, 0.2) is 48.9 Å². The van der Waals surface area contributed by atoms with E-state index in [2.05, 4.69) is 4.98 Å². The van der Waals surface area contributed by atoms with Crippen molar-refractivity contribution in [3.63, 3.8) is 0 Å². The van der Waals surface area contributed by atoms with E-state index in [0.717, 1.165) is 29.2 Å². The number of rotatable bonds is 5. The van der Waals surface area contributed by atoms with Gasteiger partial charge in [-0.2, -0.15) is 0 Å². The van der Waals surface area contributed by atoms with Crippen LogP contribution in [0.3, 0.4) is 0 Å². The molecule has 1 aliphatic heterocycles. The molecule has 0 radical (unpaired) electrons. The average Bonchev–Trinajstić information content (AvgIpc) is 3.17. The van der Waals surface area contributed by atoms with Crippen molar-refractivity contribution in [2.24, 2.45) is 0 Å². The first-order valence-corrected chi connectivity index (χ1v) is 9.60. The maximum atomic E-state index is 13.4. The Kier molecular flexibility index (Phi) is 5.39. The van der Waals surface area contributed by atoms with E-state index in [0.29, 0.717) is 24.4 Å². The number of carbonyl (C=O) groups excluding carboxylic acids is 1. The molecule has 8 heteroatoms. The minimum atomic E-state index is -0.904. The van der Waals surface area contributed by atoms with Crippen LogP contribution in [-0.4, -0.2) is 47.1 Å². The summed E-state index contributed by atoms with van der Waals surface area (Å²) in [6.07, 6.45) is 3.64. The third kappa shape index (κ3) is 3.98. The second kappa shape index (κ2) is 8.14. The molecule has 1 amide bonds. The molecule has 0 atom stereocenters. The van der Waals surface area contributed by atoms with Crippen molar-refractivity contribution in [2.75, 3.05) is 31.6 Å². The smallest absolute Gasteiger partial charge is 0.242 e. The number of anilines is 1. The SMILES string of the molecule is COc1cc(N2CCN(Cc3ccc(F)c(F)c3)C(=O)C2)ccc1-n1cnc(C)c1. The fourth-order valence-electron chi connectivity index (χ4n) is 3.58. The van der Waals surface area contributed by atoms with Gasteiger partial charge < -0.3 is 19.1 Å². The Morgan fingerprint density at radius 2 is 1.93 bits per heavy atom. The average molecular weight is 412 g/mol. The highest BCUT2D eigenvalue weighted by Crippen LogP contribution is 2.29. The zero-order valence-corrected chi connectivity index (χ0v) is 16.8. The van der Waals surface area contributed by atoms with Crippen molar-refractivity contribution in [3.05, 3.63) is 71.8 Å². The number of aromatic nitrogens is 2. The Labute approximate surface area is 173 Å². The predicted molar refractivity (Wildman–Crippen MR) is 109 cm³/mol. The molecule has 1 aliphatic rings. The molecule has 0 unspecified atom stereocenters. The van der Waals surface area contributed by atoms with E-state index in [1.807, 2.05) is 40.8 Å². The van der Waals surface area contributed by atoms with Gasteiger partial charge in [-0.05, 0) is 36.8 Å². The summed E-state index contributed by atoms with van der Waals surface area (Å²) in [4.78, 5) is 20.5. The van der Waals surface area contributed by atoms with Gasteiger partial charge in [0.05, 0.1) is 31.4 Å². The van der Waals surface area contributed by atoms with Crippen LogP contribution < -0.4 is 9.64 Å². The first kappa shape index (κ1) is 19.9. The largest absolute Gasteiger partial charge is 0.494 e. The highest BCUT2D eigenvalue weighted by Gasteiger charge is 2.25. The van der Waals surface area contributed by atoms with Gasteiger partial charge >= 0.3 is 0 Å². The molecule has 2 heterocycles. The Balaban J connectivity index is 1.47. The summed E-state index contributed by atoms with van der Waals surface area (Å²) >= 11 is 0. The molecule has 0 spiro atoms. The van der Waals surface area contributed by atoms with E-state index in [9.17, 15) is 13.6 Å². The standard InChI is InChI=1S/C22H22F2N4O2/c1-15-11-28(14-25-15)20-6-4-17(10-21(20)30-2)26-7-8-27(22(29)13-26)12-16-3-5-18(23)19(24)9-16/h3-6,9-11,14H,7-8,12-13H2,1-2H3. The van der Waals surface area contributed by atoms with Crippen LogP contribution >= 0.6 is 0 Å².